The van der Waals surface area contributed by atoms with Crippen molar-refractivity contribution in [2.75, 3.05) is 0 Å². The standard InChI is InChI=1S/Ag.Ca.Ga.Li.Mg.V. The molecule has 0 N–H and O–H groups in total. The van der Waals surface area contributed by atoms with E-state index in [0.29, 0.717) is 0 Å². The molecular formula is AgCaGaLiMgV. The van der Waals surface area contributed by atoms with E-state index < -0.39 is 0 Å². The summed E-state index contributed by atoms with van der Waals surface area (Å²) >= 11 is 0. The first-order valence-corrected chi connectivity index (χ1v) is 0. The second kappa shape index (κ2) is 33.6. The van der Waals surface area contributed by atoms with Crippen LogP contribution < -0.4 is 0 Å². The largest absolute Gasteiger partial charge is 0 e. The van der Waals surface area contributed by atoms with Gasteiger partial charge >= 0.3 is 0 Å². The van der Waals surface area contributed by atoms with Gasteiger partial charge in [-0.2, -0.15) is 0 Å². The average molecular weight is 300 g/mol. The molecule has 0 saturated heterocycles. The SMILES string of the molecule is [Ag].[Ca].[Ga].[Li].[Mg].[V]. The van der Waals surface area contributed by atoms with Gasteiger partial charge < -0.3 is 0 Å². The molecule has 0 aromatic rings. The monoisotopic (exact) mass is 298 g/mol. The molecule has 0 atom stereocenters. The summed E-state index contributed by atoms with van der Waals surface area (Å²) in [6, 6.07) is 0. The van der Waals surface area contributed by atoms with Gasteiger partial charge in [0.25, 0.3) is 0 Å². The molecule has 0 heterocycles. The van der Waals surface area contributed by atoms with Crippen LogP contribution in [0.4, 0.5) is 0 Å². The number of hydrogen-bond acceptors (Lipinski definition) is 0. The first-order chi connectivity index (χ1) is 0. The van der Waals surface area contributed by atoms with E-state index in [-0.39, 0.29) is 140 Å². The smallest absolute Gasteiger partial charge is 0 e. The second-order valence-electron chi connectivity index (χ2n) is 0. The van der Waals surface area contributed by atoms with Crippen molar-refractivity contribution in [3.05, 3.63) is 0 Å². The summed E-state index contributed by atoms with van der Waals surface area (Å²) in [4.78, 5) is 0. The van der Waals surface area contributed by atoms with Crippen molar-refractivity contribution in [1.29, 1.82) is 0 Å². The average Bonchev–Trinajstić information content (AvgIpc) is 0. The molecule has 10 radical (unpaired) electrons. The van der Waals surface area contributed by atoms with Crippen molar-refractivity contribution >= 4 is 99.4 Å². The molecule has 0 amide bonds. The third-order valence-electron chi connectivity index (χ3n) is 0. The first-order valence-electron chi connectivity index (χ1n) is 0. The third kappa shape index (κ3) is 23.5. The van der Waals surface area contributed by atoms with Crippen LogP contribution in [0.3, 0.4) is 0 Å². The van der Waals surface area contributed by atoms with E-state index in [9.17, 15) is 0 Å². The minimum absolute atomic E-state index is 0. The molecule has 6 heavy (non-hydrogen) atoms. The van der Waals surface area contributed by atoms with Gasteiger partial charge in [-0.15, -0.1) is 0 Å². The van der Waals surface area contributed by atoms with E-state index >= 15 is 0 Å². The van der Waals surface area contributed by atoms with Crippen LogP contribution in [0.15, 0.2) is 0 Å². The van der Waals surface area contributed by atoms with Gasteiger partial charge in [-0.1, -0.05) is 0 Å². The van der Waals surface area contributed by atoms with Crippen molar-refractivity contribution in [1.82, 2.24) is 0 Å². The van der Waals surface area contributed by atoms with Gasteiger partial charge in [0.1, 0.15) is 0 Å². The van der Waals surface area contributed by atoms with E-state index in [1.165, 1.54) is 0 Å². The van der Waals surface area contributed by atoms with Crippen LogP contribution in [0, 0.1) is 0 Å². The maximum Gasteiger partial charge on any atom is 0 e. The zero-order chi connectivity index (χ0) is 0. The van der Waals surface area contributed by atoms with E-state index in [2.05, 4.69) is 0 Å². The molecule has 0 aliphatic rings. The number of rotatable bonds is 0. The Bertz CT molecular complexity index is 15.5. The fourth-order valence-corrected chi connectivity index (χ4v) is 0. The van der Waals surface area contributed by atoms with E-state index in [0.717, 1.165) is 0 Å². The zero-order valence-electron chi connectivity index (χ0n) is 3.74. The molecule has 0 aromatic carbocycles. The maximum atomic E-state index is 0. The molecule has 6 heteroatoms. The van der Waals surface area contributed by atoms with Gasteiger partial charge in [0.05, 0.1) is 0 Å². The minimum Gasteiger partial charge on any atom is 0 e. The molecule has 0 fully saturated rings. The summed E-state index contributed by atoms with van der Waals surface area (Å²) in [5.41, 5.74) is 0. The van der Waals surface area contributed by atoms with Gasteiger partial charge in [-0.25, -0.2) is 0 Å². The quantitative estimate of drug-likeness (QED) is 0.476. The van der Waals surface area contributed by atoms with Gasteiger partial charge in [-0.3, -0.25) is 0 Å². The van der Waals surface area contributed by atoms with Crippen LogP contribution in [0.5, 0.6) is 0 Å². The maximum absolute atomic E-state index is 0. The van der Waals surface area contributed by atoms with Gasteiger partial charge in [0, 0.05) is 140 Å². The van der Waals surface area contributed by atoms with Crippen LogP contribution in [-0.4, -0.2) is 99.4 Å². The van der Waals surface area contributed by atoms with Crippen LogP contribution in [0.25, 0.3) is 0 Å². The Morgan fingerprint density at radius 1 is 1.00 bits per heavy atom. The Labute approximate surface area is 137 Å². The molecule has 0 aliphatic heterocycles. The van der Waals surface area contributed by atoms with Crippen LogP contribution in [0.1, 0.15) is 0 Å². The van der Waals surface area contributed by atoms with Crippen molar-refractivity contribution in [2.45, 2.75) is 0 Å². The van der Waals surface area contributed by atoms with Gasteiger partial charge in [0.2, 0.25) is 0 Å². The normalized spacial score (nSPS) is 0. The molecule has 0 aromatic heterocycles. The summed E-state index contributed by atoms with van der Waals surface area (Å²) in [5.74, 6) is 0. The van der Waals surface area contributed by atoms with Crippen molar-refractivity contribution in [2.24, 2.45) is 0 Å². The van der Waals surface area contributed by atoms with Crippen LogP contribution >= 0.6 is 0 Å². The summed E-state index contributed by atoms with van der Waals surface area (Å²) in [5, 5.41) is 0. The van der Waals surface area contributed by atoms with E-state index in [4.69, 9.17) is 0 Å². The van der Waals surface area contributed by atoms with Crippen molar-refractivity contribution in [3.8, 4) is 0 Å². The second-order valence-corrected chi connectivity index (χ2v) is 0. The summed E-state index contributed by atoms with van der Waals surface area (Å²) in [6.07, 6.45) is 0. The predicted molar refractivity (Wildman–Crippen MR) is 23.0 cm³/mol. The Morgan fingerprint density at radius 3 is 1.00 bits per heavy atom. The fourth-order valence-electron chi connectivity index (χ4n) is 0. The predicted octanol–water partition coefficient (Wildman–Crippen LogP) is -1.53. The molecule has 0 bridgehead atoms. The summed E-state index contributed by atoms with van der Waals surface area (Å²) < 4.78 is 0. The molecule has 0 aliphatic carbocycles. The van der Waals surface area contributed by atoms with Crippen molar-refractivity contribution < 1.29 is 40.9 Å². The Hall–Kier alpha value is 4.58. The Balaban J connectivity index is 0. The minimum atomic E-state index is 0. The topological polar surface area (TPSA) is 0 Å². The van der Waals surface area contributed by atoms with Gasteiger partial charge in [0.15, 0.2) is 0 Å². The molecular weight excluding hydrogens is 300 g/mol. The zero-order valence-corrected chi connectivity index (χ0v) is 12.7. The first kappa shape index (κ1) is 46.3. The molecule has 0 spiro atoms. The summed E-state index contributed by atoms with van der Waals surface area (Å²) in [6.45, 7) is 0. The molecule has 0 nitrogen and oxygen atoms in total. The van der Waals surface area contributed by atoms with E-state index in [1.807, 2.05) is 0 Å². The van der Waals surface area contributed by atoms with Crippen LogP contribution in [-0.2, 0) is 40.9 Å². The molecule has 0 unspecified atom stereocenters. The van der Waals surface area contributed by atoms with Crippen molar-refractivity contribution in [3.63, 3.8) is 0 Å². The Morgan fingerprint density at radius 2 is 1.00 bits per heavy atom. The summed E-state index contributed by atoms with van der Waals surface area (Å²) in [7, 11) is 0. The number of hydrogen-bond donors (Lipinski definition) is 0. The van der Waals surface area contributed by atoms with E-state index in [1.54, 1.807) is 0 Å². The molecule has 24 valence electrons. The fraction of sp³-hybridized carbons (Fsp3) is 0. The molecule has 0 rings (SSSR count). The molecule has 0 saturated carbocycles. The Kier molecular flexibility index (Phi) is 259. The third-order valence-corrected chi connectivity index (χ3v) is 0. The van der Waals surface area contributed by atoms with Crippen LogP contribution in [0.2, 0.25) is 0 Å². The van der Waals surface area contributed by atoms with Gasteiger partial charge in [-0.05, 0) is 0 Å².